The van der Waals surface area contributed by atoms with Gasteiger partial charge in [-0.1, -0.05) is 60.7 Å². The van der Waals surface area contributed by atoms with E-state index in [9.17, 15) is 25.0 Å². The molecule has 0 bridgehead atoms. The van der Waals surface area contributed by atoms with Gasteiger partial charge in [0, 0.05) is 9.85 Å². The number of piperidine rings is 1. The van der Waals surface area contributed by atoms with Gasteiger partial charge in [0.05, 0.1) is 0 Å². The van der Waals surface area contributed by atoms with E-state index in [4.69, 9.17) is 0 Å². The molecule has 2 aromatic rings. The summed E-state index contributed by atoms with van der Waals surface area (Å²) < 4.78 is 0. The van der Waals surface area contributed by atoms with E-state index in [1.165, 1.54) is 0 Å². The maximum Gasteiger partial charge on any atom is 0.296 e. The Kier molecular flexibility index (Phi) is 4.53. The minimum Gasteiger partial charge on any atom is -0.291 e. The highest BCUT2D eigenvalue weighted by molar-refractivity contribution is 5.89. The van der Waals surface area contributed by atoms with E-state index in [2.05, 4.69) is 5.32 Å². The monoisotopic (exact) mass is 341 g/mol. The number of nitro groups is 2. The molecule has 2 aromatic carbocycles. The Bertz CT molecular complexity index is 731. The quantitative estimate of drug-likeness (QED) is 0.671. The molecule has 1 saturated heterocycles. The molecule has 25 heavy (non-hydrogen) atoms. The van der Waals surface area contributed by atoms with E-state index in [1.54, 1.807) is 60.7 Å². The highest BCUT2D eigenvalue weighted by atomic mass is 16.6. The summed E-state index contributed by atoms with van der Waals surface area (Å²) in [4.78, 5) is 34.1. The van der Waals surface area contributed by atoms with Crippen molar-refractivity contribution in [2.45, 2.75) is 24.2 Å². The maximum absolute atomic E-state index is 12.7. The fourth-order valence-electron chi connectivity index (χ4n) is 3.21. The Balaban J connectivity index is 2.09. The van der Waals surface area contributed by atoms with E-state index >= 15 is 0 Å². The van der Waals surface area contributed by atoms with Crippen LogP contribution in [0.15, 0.2) is 60.7 Å². The summed E-state index contributed by atoms with van der Waals surface area (Å²) in [5.74, 6) is -0.989. The molecule has 8 heteroatoms. The van der Waals surface area contributed by atoms with Crippen LogP contribution in [0.25, 0.3) is 0 Å². The standard InChI is InChI=1S/C17H15N3O5/c21-17-15(19(22)23)13(11-7-3-1-4-8-11)18-14(16(17)20(24)25)12-9-5-2-6-10-12/h1-10,13-16,18H/t13-,14-,15-,16+/m0/s1. The van der Waals surface area contributed by atoms with Crippen LogP contribution >= 0.6 is 0 Å². The van der Waals surface area contributed by atoms with Crippen molar-refractivity contribution in [2.75, 3.05) is 0 Å². The average molecular weight is 341 g/mol. The van der Waals surface area contributed by atoms with Gasteiger partial charge >= 0.3 is 0 Å². The van der Waals surface area contributed by atoms with Crippen molar-refractivity contribution < 1.29 is 14.6 Å². The van der Waals surface area contributed by atoms with Gasteiger partial charge in [-0.15, -0.1) is 0 Å². The number of carbonyl (C=O) groups is 1. The third-order valence-corrected chi connectivity index (χ3v) is 4.35. The zero-order valence-electron chi connectivity index (χ0n) is 13.0. The van der Waals surface area contributed by atoms with Crippen molar-refractivity contribution in [1.82, 2.24) is 5.32 Å². The number of nitrogens with one attached hydrogen (secondary N) is 1. The number of hydrogen-bond acceptors (Lipinski definition) is 6. The van der Waals surface area contributed by atoms with Gasteiger partial charge in [-0.25, -0.2) is 0 Å². The van der Waals surface area contributed by atoms with Crippen molar-refractivity contribution >= 4 is 5.78 Å². The molecule has 0 radical (unpaired) electrons. The predicted molar refractivity (Wildman–Crippen MR) is 88.1 cm³/mol. The molecule has 0 unspecified atom stereocenters. The van der Waals surface area contributed by atoms with Crippen LogP contribution in [0.3, 0.4) is 0 Å². The largest absolute Gasteiger partial charge is 0.296 e. The van der Waals surface area contributed by atoms with Crippen LogP contribution in [-0.4, -0.2) is 27.7 Å². The summed E-state index contributed by atoms with van der Waals surface area (Å²) in [6.45, 7) is 0. The van der Waals surface area contributed by atoms with Gasteiger partial charge in [0.15, 0.2) is 0 Å². The molecule has 0 spiro atoms. The minimum atomic E-state index is -1.71. The Hall–Kier alpha value is -3.13. The molecule has 1 aliphatic rings. The first-order valence-electron chi connectivity index (χ1n) is 7.67. The van der Waals surface area contributed by atoms with Gasteiger partial charge in [-0.2, -0.15) is 0 Å². The van der Waals surface area contributed by atoms with Crippen molar-refractivity contribution in [3.05, 3.63) is 92.0 Å². The highest BCUT2D eigenvalue weighted by Gasteiger charge is 2.57. The van der Waals surface area contributed by atoms with Crippen molar-refractivity contribution in [1.29, 1.82) is 0 Å². The molecule has 0 aromatic heterocycles. The Morgan fingerprint density at radius 3 is 1.40 bits per heavy atom. The lowest BCUT2D eigenvalue weighted by Crippen LogP contribution is -2.59. The van der Waals surface area contributed by atoms with Gasteiger partial charge < -0.3 is 0 Å². The molecule has 0 aliphatic carbocycles. The van der Waals surface area contributed by atoms with E-state index in [1.807, 2.05) is 0 Å². The third kappa shape index (κ3) is 3.11. The topological polar surface area (TPSA) is 115 Å². The molecular formula is C17H15N3O5. The molecule has 1 aliphatic heterocycles. The Morgan fingerprint density at radius 2 is 1.08 bits per heavy atom. The van der Waals surface area contributed by atoms with Crippen LogP contribution in [0.1, 0.15) is 23.2 Å². The van der Waals surface area contributed by atoms with E-state index < -0.39 is 39.8 Å². The number of benzene rings is 2. The van der Waals surface area contributed by atoms with Crippen molar-refractivity contribution in [2.24, 2.45) is 0 Å². The van der Waals surface area contributed by atoms with Crippen LogP contribution < -0.4 is 5.32 Å². The van der Waals surface area contributed by atoms with Gasteiger partial charge in [0.1, 0.15) is 12.1 Å². The number of hydrogen-bond donors (Lipinski definition) is 1. The fourth-order valence-corrected chi connectivity index (χ4v) is 3.21. The van der Waals surface area contributed by atoms with Crippen LogP contribution in [0.5, 0.6) is 0 Å². The zero-order valence-corrected chi connectivity index (χ0v) is 13.0. The second kappa shape index (κ2) is 6.78. The Morgan fingerprint density at radius 1 is 0.720 bits per heavy atom. The third-order valence-electron chi connectivity index (χ3n) is 4.35. The summed E-state index contributed by atoms with van der Waals surface area (Å²) in [7, 11) is 0. The summed E-state index contributed by atoms with van der Waals surface area (Å²) in [5, 5.41) is 25.9. The average Bonchev–Trinajstić information content (AvgIpc) is 2.61. The maximum atomic E-state index is 12.7. The van der Waals surface area contributed by atoms with Crippen LogP contribution in [0.2, 0.25) is 0 Å². The van der Waals surface area contributed by atoms with Crippen molar-refractivity contribution in [3.8, 4) is 0 Å². The van der Waals surface area contributed by atoms with Crippen LogP contribution in [0, 0.1) is 20.2 Å². The molecule has 8 nitrogen and oxygen atoms in total. The smallest absolute Gasteiger partial charge is 0.291 e. The molecule has 1 N–H and O–H groups in total. The fraction of sp³-hybridized carbons (Fsp3) is 0.235. The first-order valence-corrected chi connectivity index (χ1v) is 7.67. The first kappa shape index (κ1) is 16.7. The lowest BCUT2D eigenvalue weighted by molar-refractivity contribution is -0.544. The minimum absolute atomic E-state index is 0.542. The molecule has 0 amide bonds. The summed E-state index contributed by atoms with van der Waals surface area (Å²) in [5.41, 5.74) is 1.08. The van der Waals surface area contributed by atoms with Crippen molar-refractivity contribution in [3.63, 3.8) is 0 Å². The normalized spacial score (nSPS) is 26.2. The second-order valence-electron chi connectivity index (χ2n) is 5.81. The molecule has 1 heterocycles. The Labute approximate surface area is 142 Å². The SMILES string of the molecule is O=C1[C@@H]([N+](=O)[O-])[C@H](c2ccccc2)N[C@@H](c2ccccc2)[C@H]1[N+](=O)[O-]. The lowest BCUT2D eigenvalue weighted by Gasteiger charge is -2.33. The molecule has 4 atom stereocenters. The van der Waals surface area contributed by atoms with Gasteiger partial charge in [0.25, 0.3) is 17.9 Å². The second-order valence-corrected chi connectivity index (χ2v) is 5.81. The number of Topliss-reactive ketones (excluding diaryl/α,β-unsaturated/α-hetero) is 1. The highest BCUT2D eigenvalue weighted by Crippen LogP contribution is 2.34. The molecular weight excluding hydrogens is 326 g/mol. The zero-order chi connectivity index (χ0) is 18.0. The number of nitrogens with zero attached hydrogens (tertiary/aromatic N) is 2. The first-order chi connectivity index (χ1) is 12.0. The molecule has 0 saturated carbocycles. The van der Waals surface area contributed by atoms with E-state index in [-0.39, 0.29) is 0 Å². The summed E-state index contributed by atoms with van der Waals surface area (Å²) in [6.07, 6.45) is 0. The number of ketones is 1. The van der Waals surface area contributed by atoms with Gasteiger partial charge in [-0.05, 0) is 11.1 Å². The van der Waals surface area contributed by atoms with Gasteiger partial charge in [-0.3, -0.25) is 30.3 Å². The number of carbonyl (C=O) groups excluding carboxylic acids is 1. The van der Waals surface area contributed by atoms with Crippen LogP contribution in [-0.2, 0) is 4.79 Å². The molecule has 128 valence electrons. The van der Waals surface area contributed by atoms with E-state index in [0.717, 1.165) is 0 Å². The lowest BCUT2D eigenvalue weighted by atomic mass is 9.82. The van der Waals surface area contributed by atoms with Crippen LogP contribution in [0.4, 0.5) is 0 Å². The predicted octanol–water partition coefficient (Wildman–Crippen LogP) is 1.93. The summed E-state index contributed by atoms with van der Waals surface area (Å²) in [6, 6.07) is 11.7. The molecule has 3 rings (SSSR count). The summed E-state index contributed by atoms with van der Waals surface area (Å²) >= 11 is 0. The molecule has 1 fully saturated rings. The number of rotatable bonds is 4. The van der Waals surface area contributed by atoms with E-state index in [0.29, 0.717) is 11.1 Å². The van der Waals surface area contributed by atoms with Gasteiger partial charge in [0.2, 0.25) is 0 Å².